The van der Waals surface area contributed by atoms with E-state index < -0.39 is 17.2 Å². The quantitative estimate of drug-likeness (QED) is 0.711. The summed E-state index contributed by atoms with van der Waals surface area (Å²) in [7, 11) is 3.08. The van der Waals surface area contributed by atoms with E-state index in [9.17, 15) is 14.4 Å². The summed E-state index contributed by atoms with van der Waals surface area (Å²) in [4.78, 5) is 39.3. The van der Waals surface area contributed by atoms with Crippen LogP contribution in [0.2, 0.25) is 0 Å². The number of anilines is 1. The molecule has 0 amide bonds. The normalized spacial score (nSPS) is 16.5. The van der Waals surface area contributed by atoms with E-state index in [0.717, 1.165) is 15.7 Å². The number of ketones is 1. The Morgan fingerprint density at radius 2 is 1.61 bits per heavy atom. The molecule has 2 aromatic carbocycles. The SMILES string of the molecule is CCOc1ccc([C@H]2C3=C(Nc4c2c(=O)n(C)c(=O)n4C)c2ccccc2C3=O)cc1. The fourth-order valence-electron chi connectivity index (χ4n) is 4.51. The minimum absolute atomic E-state index is 0.112. The number of rotatable bonds is 3. The van der Waals surface area contributed by atoms with Crippen molar-refractivity contribution in [2.45, 2.75) is 12.8 Å². The van der Waals surface area contributed by atoms with Crippen LogP contribution in [0.4, 0.5) is 5.82 Å². The van der Waals surface area contributed by atoms with Gasteiger partial charge in [0.2, 0.25) is 0 Å². The van der Waals surface area contributed by atoms with Gasteiger partial charge in [0.1, 0.15) is 11.6 Å². The van der Waals surface area contributed by atoms with Gasteiger partial charge in [0.25, 0.3) is 5.56 Å². The molecule has 7 heteroatoms. The number of allylic oxidation sites excluding steroid dienone is 1. The molecular weight excluding hydrogens is 394 g/mol. The molecule has 0 radical (unpaired) electrons. The van der Waals surface area contributed by atoms with Crippen molar-refractivity contribution in [3.05, 3.63) is 97.2 Å². The van der Waals surface area contributed by atoms with Crippen LogP contribution in [0.1, 0.15) is 39.9 Å². The van der Waals surface area contributed by atoms with Crippen LogP contribution < -0.4 is 21.3 Å². The highest BCUT2D eigenvalue weighted by atomic mass is 16.5. The molecule has 156 valence electrons. The third kappa shape index (κ3) is 2.63. The largest absolute Gasteiger partial charge is 0.494 e. The van der Waals surface area contributed by atoms with E-state index in [-0.39, 0.29) is 5.78 Å². The second kappa shape index (κ2) is 6.84. The summed E-state index contributed by atoms with van der Waals surface area (Å²) in [5, 5.41) is 3.24. The first-order chi connectivity index (χ1) is 14.9. The van der Waals surface area contributed by atoms with Crippen molar-refractivity contribution in [3.63, 3.8) is 0 Å². The molecule has 0 fully saturated rings. The van der Waals surface area contributed by atoms with Gasteiger partial charge in [0.05, 0.1) is 17.9 Å². The lowest BCUT2D eigenvalue weighted by molar-refractivity contribution is 0.103. The van der Waals surface area contributed by atoms with Crippen molar-refractivity contribution in [3.8, 4) is 5.75 Å². The smallest absolute Gasteiger partial charge is 0.332 e. The maximum atomic E-state index is 13.4. The lowest BCUT2D eigenvalue weighted by atomic mass is 9.81. The molecule has 0 saturated heterocycles. The first kappa shape index (κ1) is 19.1. The number of nitrogens with one attached hydrogen (secondary N) is 1. The maximum absolute atomic E-state index is 13.4. The van der Waals surface area contributed by atoms with Gasteiger partial charge in [-0.05, 0) is 24.6 Å². The van der Waals surface area contributed by atoms with Crippen LogP contribution >= 0.6 is 0 Å². The van der Waals surface area contributed by atoms with Gasteiger partial charge < -0.3 is 10.1 Å². The van der Waals surface area contributed by atoms with Crippen molar-refractivity contribution in [2.24, 2.45) is 14.1 Å². The van der Waals surface area contributed by atoms with Crippen LogP contribution in [0, 0.1) is 0 Å². The van der Waals surface area contributed by atoms with Crippen LogP contribution in [0.5, 0.6) is 5.75 Å². The van der Waals surface area contributed by atoms with Gasteiger partial charge >= 0.3 is 5.69 Å². The van der Waals surface area contributed by atoms with E-state index in [2.05, 4.69) is 5.32 Å². The predicted octanol–water partition coefficient (Wildman–Crippen LogP) is 2.65. The molecule has 1 N–H and O–H groups in total. The number of Topliss-reactive ketones (excluding diaryl/α,β-unsaturated/α-hetero) is 1. The average Bonchev–Trinajstić information content (AvgIpc) is 3.08. The Balaban J connectivity index is 1.82. The molecule has 2 heterocycles. The highest BCUT2D eigenvalue weighted by molar-refractivity contribution is 6.23. The first-order valence-electron chi connectivity index (χ1n) is 10.1. The molecular formula is C24H21N3O4. The number of ether oxygens (including phenoxy) is 1. The Labute approximate surface area is 178 Å². The van der Waals surface area contributed by atoms with Crippen LogP contribution in [-0.4, -0.2) is 21.5 Å². The van der Waals surface area contributed by atoms with Crippen molar-refractivity contribution in [2.75, 3.05) is 11.9 Å². The number of nitrogens with zero attached hydrogens (tertiary/aromatic N) is 2. The monoisotopic (exact) mass is 415 g/mol. The van der Waals surface area contributed by atoms with Gasteiger partial charge in [-0.1, -0.05) is 36.4 Å². The Hall–Kier alpha value is -3.87. The molecule has 1 aliphatic heterocycles. The van der Waals surface area contributed by atoms with Crippen LogP contribution in [0.3, 0.4) is 0 Å². The van der Waals surface area contributed by atoms with Gasteiger partial charge in [-0.25, -0.2) is 4.79 Å². The van der Waals surface area contributed by atoms with E-state index in [0.29, 0.717) is 40.6 Å². The van der Waals surface area contributed by atoms with Gasteiger partial charge in [-0.2, -0.15) is 0 Å². The third-order valence-corrected chi connectivity index (χ3v) is 6.00. The van der Waals surface area contributed by atoms with E-state index in [1.165, 1.54) is 11.6 Å². The van der Waals surface area contributed by atoms with E-state index >= 15 is 0 Å². The zero-order chi connectivity index (χ0) is 21.9. The summed E-state index contributed by atoms with van der Waals surface area (Å²) < 4.78 is 8.06. The molecule has 7 nitrogen and oxygen atoms in total. The van der Waals surface area contributed by atoms with Crippen molar-refractivity contribution in [1.82, 2.24) is 9.13 Å². The summed E-state index contributed by atoms with van der Waals surface area (Å²) in [6, 6.07) is 14.8. The zero-order valence-corrected chi connectivity index (χ0v) is 17.4. The highest BCUT2D eigenvalue weighted by Gasteiger charge is 2.42. The van der Waals surface area contributed by atoms with Gasteiger partial charge in [0.15, 0.2) is 5.78 Å². The molecule has 2 aliphatic rings. The lowest BCUT2D eigenvalue weighted by Crippen LogP contribution is -2.42. The minimum atomic E-state index is -0.604. The van der Waals surface area contributed by atoms with Crippen LogP contribution in [0.15, 0.2) is 63.7 Å². The number of carbonyl (C=O) groups excluding carboxylic acids is 1. The molecule has 0 saturated carbocycles. The molecule has 3 aromatic rings. The van der Waals surface area contributed by atoms with E-state index in [1.54, 1.807) is 13.1 Å². The summed E-state index contributed by atoms with van der Waals surface area (Å²) in [6.45, 7) is 2.45. The maximum Gasteiger partial charge on any atom is 0.332 e. The second-order valence-corrected chi connectivity index (χ2v) is 7.69. The summed E-state index contributed by atoms with van der Waals surface area (Å²) in [5.74, 6) is 0.408. The Bertz CT molecular complexity index is 1390. The molecule has 31 heavy (non-hydrogen) atoms. The first-order valence-corrected chi connectivity index (χ1v) is 10.1. The summed E-state index contributed by atoms with van der Waals surface area (Å²) in [5.41, 5.74) is 2.86. The topological polar surface area (TPSA) is 82.3 Å². The number of hydrogen-bond donors (Lipinski definition) is 1. The summed E-state index contributed by atoms with van der Waals surface area (Å²) in [6.07, 6.45) is 0. The highest BCUT2D eigenvalue weighted by Crippen LogP contribution is 2.47. The van der Waals surface area contributed by atoms with Crippen molar-refractivity contribution >= 4 is 17.3 Å². The molecule has 0 spiro atoms. The number of fused-ring (bicyclic) bond motifs is 3. The lowest BCUT2D eigenvalue weighted by Gasteiger charge is -2.29. The fourth-order valence-corrected chi connectivity index (χ4v) is 4.51. The minimum Gasteiger partial charge on any atom is -0.494 e. The molecule has 1 atom stereocenters. The number of carbonyl (C=O) groups is 1. The number of hydrogen-bond acceptors (Lipinski definition) is 5. The number of aromatic nitrogens is 2. The molecule has 1 aromatic heterocycles. The van der Waals surface area contributed by atoms with Crippen molar-refractivity contribution in [1.29, 1.82) is 0 Å². The summed E-state index contributed by atoms with van der Waals surface area (Å²) >= 11 is 0. The Kier molecular flexibility index (Phi) is 4.22. The number of benzene rings is 2. The van der Waals surface area contributed by atoms with Gasteiger partial charge in [-0.15, -0.1) is 0 Å². The zero-order valence-electron chi connectivity index (χ0n) is 17.4. The van der Waals surface area contributed by atoms with Crippen LogP contribution in [0.25, 0.3) is 5.70 Å². The van der Waals surface area contributed by atoms with Crippen LogP contribution in [-0.2, 0) is 14.1 Å². The van der Waals surface area contributed by atoms with E-state index in [4.69, 9.17) is 4.74 Å². The molecule has 0 unspecified atom stereocenters. The third-order valence-electron chi connectivity index (χ3n) is 6.00. The Morgan fingerprint density at radius 3 is 2.29 bits per heavy atom. The average molecular weight is 415 g/mol. The molecule has 0 bridgehead atoms. The van der Waals surface area contributed by atoms with Gasteiger partial charge in [-0.3, -0.25) is 18.7 Å². The molecule has 5 rings (SSSR count). The predicted molar refractivity (Wildman–Crippen MR) is 118 cm³/mol. The second-order valence-electron chi connectivity index (χ2n) is 7.69. The van der Waals surface area contributed by atoms with Gasteiger partial charge in [0, 0.05) is 36.7 Å². The standard InChI is InChI=1S/C24H21N3O4/c1-4-31-14-11-9-13(10-12-14)17-18-20(15-7-5-6-8-16(15)21(18)28)25-22-19(17)23(29)27(3)24(30)26(22)2/h5-12,17,25H,4H2,1-3H3/t17-/m0/s1. The molecule has 1 aliphatic carbocycles. The Morgan fingerprint density at radius 1 is 0.935 bits per heavy atom. The van der Waals surface area contributed by atoms with Crippen molar-refractivity contribution < 1.29 is 9.53 Å². The van der Waals surface area contributed by atoms with E-state index in [1.807, 2.05) is 49.4 Å². The fraction of sp³-hybridized carbons (Fsp3) is 0.208.